The fourth-order valence-electron chi connectivity index (χ4n) is 3.35. The molecule has 0 aromatic carbocycles. The van der Waals surface area contributed by atoms with Crippen LogP contribution in [0.3, 0.4) is 0 Å². The Kier molecular flexibility index (Phi) is 6.19. The fourth-order valence-corrected chi connectivity index (χ4v) is 3.35. The van der Waals surface area contributed by atoms with Gasteiger partial charge in [-0.3, -0.25) is 4.79 Å². The van der Waals surface area contributed by atoms with E-state index in [-0.39, 0.29) is 17.8 Å². The molecule has 0 bridgehead atoms. The Bertz CT molecular complexity index is 673. The Morgan fingerprint density at radius 2 is 1.88 bits per heavy atom. The highest BCUT2D eigenvalue weighted by atomic mass is 16.6. The molecule has 0 radical (unpaired) electrons. The van der Waals surface area contributed by atoms with Crippen LogP contribution in [0.1, 0.15) is 31.4 Å². The van der Waals surface area contributed by atoms with Crippen LogP contribution in [-0.4, -0.2) is 54.6 Å². The Balaban J connectivity index is 1.43. The molecule has 0 spiro atoms. The summed E-state index contributed by atoms with van der Waals surface area (Å²) in [7, 11) is 1.74. The first-order chi connectivity index (χ1) is 12.5. The lowest BCUT2D eigenvalue weighted by Gasteiger charge is -2.32. The Hall–Kier alpha value is -2.02. The summed E-state index contributed by atoms with van der Waals surface area (Å²) in [6.45, 7) is 5.10. The van der Waals surface area contributed by atoms with Crippen LogP contribution in [-0.2, 0) is 16.5 Å². The number of pyridine rings is 1. The quantitative estimate of drug-likeness (QED) is 0.818. The van der Waals surface area contributed by atoms with Crippen molar-refractivity contribution in [3.8, 4) is 5.75 Å². The molecular weight excluding hydrogens is 336 g/mol. The second-order valence-corrected chi connectivity index (χ2v) is 7.17. The first kappa shape index (κ1) is 18.8. The maximum atomic E-state index is 12.2. The van der Waals surface area contributed by atoms with Crippen molar-refractivity contribution in [2.75, 3.05) is 32.9 Å². The molecular formula is C19H28N2O5. The zero-order valence-electron chi connectivity index (χ0n) is 15.6. The van der Waals surface area contributed by atoms with E-state index in [2.05, 4.69) is 0 Å². The van der Waals surface area contributed by atoms with Gasteiger partial charge in [0.2, 0.25) is 0 Å². The molecule has 7 nitrogen and oxygen atoms in total. The number of aryl methyl sites for hydroxylation is 1. The standard InChI is InChI=1S/C19H28N2O5/c1-14-11-17(12-18(22)20(14)2)26-16-3-7-21(8-4-16)19(23)25-13-15-5-9-24-10-6-15/h11-12,15-16H,3-10,13H2,1-2H3. The molecule has 0 atom stereocenters. The van der Waals surface area contributed by atoms with Crippen LogP contribution in [0.4, 0.5) is 4.79 Å². The third kappa shape index (κ3) is 4.78. The summed E-state index contributed by atoms with van der Waals surface area (Å²) in [5.74, 6) is 1.02. The van der Waals surface area contributed by atoms with Crippen molar-refractivity contribution < 1.29 is 19.0 Å². The lowest BCUT2D eigenvalue weighted by molar-refractivity contribution is 0.0231. The molecule has 1 aromatic heterocycles. The van der Waals surface area contributed by atoms with E-state index in [4.69, 9.17) is 14.2 Å². The van der Waals surface area contributed by atoms with Crippen LogP contribution in [0.25, 0.3) is 0 Å². The Morgan fingerprint density at radius 1 is 1.19 bits per heavy atom. The van der Waals surface area contributed by atoms with Crippen molar-refractivity contribution in [2.45, 2.75) is 38.7 Å². The van der Waals surface area contributed by atoms with E-state index in [1.54, 1.807) is 16.5 Å². The average molecular weight is 364 g/mol. The van der Waals surface area contributed by atoms with Crippen LogP contribution in [0.5, 0.6) is 5.75 Å². The zero-order valence-corrected chi connectivity index (χ0v) is 15.6. The summed E-state index contributed by atoms with van der Waals surface area (Å²) in [6, 6.07) is 3.39. The Labute approximate surface area is 153 Å². The van der Waals surface area contributed by atoms with E-state index < -0.39 is 0 Å². The van der Waals surface area contributed by atoms with Crippen LogP contribution >= 0.6 is 0 Å². The van der Waals surface area contributed by atoms with Gasteiger partial charge in [0.25, 0.3) is 5.56 Å². The number of carbonyl (C=O) groups is 1. The van der Waals surface area contributed by atoms with E-state index in [0.29, 0.717) is 31.4 Å². The SMILES string of the molecule is Cc1cc(OC2CCN(C(=O)OCC3CCOCC3)CC2)cc(=O)n1C. The van der Waals surface area contributed by atoms with Gasteiger partial charge in [0.1, 0.15) is 11.9 Å². The maximum absolute atomic E-state index is 12.2. The van der Waals surface area contributed by atoms with Gasteiger partial charge in [-0.1, -0.05) is 0 Å². The first-order valence-corrected chi connectivity index (χ1v) is 9.36. The molecule has 0 aliphatic carbocycles. The normalized spacial score (nSPS) is 19.4. The highest BCUT2D eigenvalue weighted by molar-refractivity contribution is 5.67. The lowest BCUT2D eigenvalue weighted by atomic mass is 10.0. The second kappa shape index (κ2) is 8.58. The van der Waals surface area contributed by atoms with Gasteiger partial charge in [-0.25, -0.2) is 4.79 Å². The minimum Gasteiger partial charge on any atom is -0.490 e. The van der Waals surface area contributed by atoms with Crippen molar-refractivity contribution in [2.24, 2.45) is 13.0 Å². The molecule has 7 heteroatoms. The van der Waals surface area contributed by atoms with Gasteiger partial charge in [0.05, 0.1) is 6.61 Å². The monoisotopic (exact) mass is 364 g/mol. The highest BCUT2D eigenvalue weighted by Crippen LogP contribution is 2.20. The topological polar surface area (TPSA) is 70.0 Å². The minimum atomic E-state index is -0.237. The molecule has 3 rings (SSSR count). The smallest absolute Gasteiger partial charge is 0.409 e. The molecule has 2 saturated heterocycles. The summed E-state index contributed by atoms with van der Waals surface area (Å²) in [4.78, 5) is 25.8. The number of rotatable bonds is 4. The number of hydrogen-bond acceptors (Lipinski definition) is 5. The van der Waals surface area contributed by atoms with Crippen molar-refractivity contribution in [1.29, 1.82) is 0 Å². The largest absolute Gasteiger partial charge is 0.490 e. The van der Waals surface area contributed by atoms with Gasteiger partial charge in [0, 0.05) is 58.0 Å². The molecule has 2 aliphatic rings. The minimum absolute atomic E-state index is 0.0149. The molecule has 0 saturated carbocycles. The van der Waals surface area contributed by atoms with E-state index in [9.17, 15) is 9.59 Å². The van der Waals surface area contributed by atoms with Gasteiger partial charge in [-0.2, -0.15) is 0 Å². The molecule has 1 amide bonds. The molecule has 2 fully saturated rings. The van der Waals surface area contributed by atoms with Gasteiger partial charge < -0.3 is 23.7 Å². The van der Waals surface area contributed by atoms with E-state index in [0.717, 1.165) is 44.6 Å². The summed E-state index contributed by atoms with van der Waals surface area (Å²) < 4.78 is 18.3. The number of nitrogens with zero attached hydrogens (tertiary/aromatic N) is 2. The van der Waals surface area contributed by atoms with Crippen molar-refractivity contribution in [3.63, 3.8) is 0 Å². The number of amides is 1. The van der Waals surface area contributed by atoms with Crippen LogP contribution in [0.15, 0.2) is 16.9 Å². The molecule has 144 valence electrons. The molecule has 26 heavy (non-hydrogen) atoms. The second-order valence-electron chi connectivity index (χ2n) is 7.17. The van der Waals surface area contributed by atoms with Crippen molar-refractivity contribution in [1.82, 2.24) is 9.47 Å². The number of piperidine rings is 1. The van der Waals surface area contributed by atoms with Gasteiger partial charge in [-0.15, -0.1) is 0 Å². The summed E-state index contributed by atoms with van der Waals surface area (Å²) in [5, 5.41) is 0. The molecule has 0 N–H and O–H groups in total. The molecule has 2 aliphatic heterocycles. The molecule has 3 heterocycles. The maximum Gasteiger partial charge on any atom is 0.409 e. The summed E-state index contributed by atoms with van der Waals surface area (Å²) in [6.07, 6.45) is 3.17. The highest BCUT2D eigenvalue weighted by Gasteiger charge is 2.26. The number of carbonyl (C=O) groups excluding carboxylic acids is 1. The fraction of sp³-hybridized carbons (Fsp3) is 0.684. The third-order valence-electron chi connectivity index (χ3n) is 5.26. The Morgan fingerprint density at radius 3 is 2.54 bits per heavy atom. The van der Waals surface area contributed by atoms with E-state index >= 15 is 0 Å². The van der Waals surface area contributed by atoms with E-state index in [1.165, 1.54) is 6.07 Å². The van der Waals surface area contributed by atoms with Gasteiger partial charge >= 0.3 is 6.09 Å². The first-order valence-electron chi connectivity index (χ1n) is 9.36. The molecule has 1 aromatic rings. The van der Waals surface area contributed by atoms with Crippen LogP contribution < -0.4 is 10.3 Å². The van der Waals surface area contributed by atoms with Crippen LogP contribution in [0.2, 0.25) is 0 Å². The van der Waals surface area contributed by atoms with Gasteiger partial charge in [-0.05, 0) is 31.7 Å². The third-order valence-corrected chi connectivity index (χ3v) is 5.26. The molecule has 0 unspecified atom stereocenters. The van der Waals surface area contributed by atoms with Crippen LogP contribution in [0, 0.1) is 12.8 Å². The number of likely N-dealkylation sites (tertiary alicyclic amines) is 1. The summed E-state index contributed by atoms with van der Waals surface area (Å²) >= 11 is 0. The zero-order chi connectivity index (χ0) is 18.5. The predicted octanol–water partition coefficient (Wildman–Crippen LogP) is 2.10. The van der Waals surface area contributed by atoms with E-state index in [1.807, 2.05) is 13.0 Å². The van der Waals surface area contributed by atoms with Crippen molar-refractivity contribution >= 4 is 6.09 Å². The average Bonchev–Trinajstić information content (AvgIpc) is 2.65. The van der Waals surface area contributed by atoms with Crippen molar-refractivity contribution in [3.05, 3.63) is 28.2 Å². The summed E-state index contributed by atoms with van der Waals surface area (Å²) in [5.41, 5.74) is 0.788. The lowest BCUT2D eigenvalue weighted by Crippen LogP contribution is -2.42. The number of hydrogen-bond donors (Lipinski definition) is 0. The predicted molar refractivity (Wildman–Crippen MR) is 96.5 cm³/mol. The number of ether oxygens (including phenoxy) is 3. The van der Waals surface area contributed by atoms with Gasteiger partial charge in [0.15, 0.2) is 0 Å². The number of aromatic nitrogens is 1.